The number of aromatic nitrogens is 2. The molecule has 0 radical (unpaired) electrons. The fourth-order valence-electron chi connectivity index (χ4n) is 5.43. The van der Waals surface area contributed by atoms with Gasteiger partial charge in [0.1, 0.15) is 13.0 Å². The van der Waals surface area contributed by atoms with E-state index in [-0.39, 0.29) is 11.8 Å². The molecule has 4 heterocycles. The number of halogens is 1. The first-order valence-corrected chi connectivity index (χ1v) is 16.8. The second-order valence-electron chi connectivity index (χ2n) is 11.3. The van der Waals surface area contributed by atoms with Crippen LogP contribution in [0.25, 0.3) is 11.1 Å². The number of fused-ring (bicyclic) bond motifs is 2. The molecular weight excluding hydrogens is 723 g/mol. The normalized spacial score (nSPS) is 15.8. The Bertz CT molecular complexity index is 1680. The Kier molecular flexibility index (Phi) is 7.66. The van der Waals surface area contributed by atoms with Crippen LogP contribution in [0.1, 0.15) is 80.1 Å². The van der Waals surface area contributed by atoms with Gasteiger partial charge in [-0.05, 0) is 71.2 Å². The van der Waals surface area contributed by atoms with Crippen LogP contribution in [0.3, 0.4) is 0 Å². The summed E-state index contributed by atoms with van der Waals surface area (Å²) < 4.78 is 33.1. The van der Waals surface area contributed by atoms with Gasteiger partial charge in [-0.2, -0.15) is 13.3 Å². The standard InChI is InChI=1S/C34H37N6.ClH.Pt/c1-21(2)24-16-28(22(3)4)32(29(17-24)23(5)6)25-14-26(39-19-37-30-10-8-12-35-33(30)39)18-27(15-25)40-20-38(7)31-11-9-13-36-34(31)40;;/h8-17,19-23,37H,1-7H3;1H;/q-3;;+1/p-1/i7D3;;/hD. The third-order valence-electron chi connectivity index (χ3n) is 7.57. The maximum atomic E-state index is 8.55. The second-order valence-corrected chi connectivity index (χ2v) is 11.3. The van der Waals surface area contributed by atoms with Gasteiger partial charge in [-0.3, -0.25) is 0 Å². The fourth-order valence-corrected chi connectivity index (χ4v) is 5.43. The van der Waals surface area contributed by atoms with E-state index in [1.165, 1.54) is 26.9 Å². The van der Waals surface area contributed by atoms with Crippen LogP contribution in [0.15, 0.2) is 60.9 Å². The van der Waals surface area contributed by atoms with Gasteiger partial charge >= 0.3 is 28.2 Å². The molecule has 1 N–H and O–H groups in total. The predicted octanol–water partition coefficient (Wildman–Crippen LogP) is 9.39. The molecule has 2 aromatic heterocycles. The van der Waals surface area contributed by atoms with Crippen LogP contribution in [0.4, 0.5) is 34.4 Å². The molecule has 223 valence electrons. The van der Waals surface area contributed by atoms with E-state index in [1.54, 1.807) is 61.5 Å². The van der Waals surface area contributed by atoms with Crippen molar-refractivity contribution in [3.05, 3.63) is 97.0 Å². The minimum atomic E-state index is -2.40. The molecule has 0 saturated carbocycles. The van der Waals surface area contributed by atoms with E-state index in [0.717, 1.165) is 11.1 Å². The topological polar surface area (TPSA) is 47.5 Å². The molecule has 42 heavy (non-hydrogen) atoms. The van der Waals surface area contributed by atoms with Crippen LogP contribution in [-0.4, -0.2) is 16.9 Å². The Morgan fingerprint density at radius 3 is 2.12 bits per heavy atom. The Morgan fingerprint density at radius 1 is 0.881 bits per heavy atom. The van der Waals surface area contributed by atoms with Gasteiger partial charge in [0.05, 0.1) is 0 Å². The Morgan fingerprint density at radius 2 is 1.50 bits per heavy atom. The van der Waals surface area contributed by atoms with Gasteiger partial charge in [-0.1, -0.05) is 53.7 Å². The zero-order valence-corrected chi connectivity index (χ0v) is 27.6. The van der Waals surface area contributed by atoms with Gasteiger partial charge < -0.3 is 20.0 Å². The van der Waals surface area contributed by atoms with Gasteiger partial charge in [-0.25, -0.2) is 9.97 Å². The van der Waals surface area contributed by atoms with E-state index in [4.69, 9.17) is 5.52 Å². The number of pyridine rings is 2. The average Bonchev–Trinajstić information content (AvgIpc) is 3.60. The third-order valence-corrected chi connectivity index (χ3v) is 7.57. The molecule has 6 nitrogen and oxygen atoms in total. The molecule has 0 atom stereocenters. The first-order valence-electron chi connectivity index (χ1n) is 15.9. The molecule has 0 bridgehead atoms. The quantitative estimate of drug-likeness (QED) is 0.198. The SMILES string of the molecule is [2H]N1[CH-]N(c2[c-]c(N3[CH-]N(C([2H])([2H])[2H])c4cccnc43)cc(-c3c(C(C)C)cc(C(C)C)cc3C(C)C)c2)c2ncccc21.[Cl][Pt]. The van der Waals surface area contributed by atoms with Crippen molar-refractivity contribution in [2.75, 3.05) is 27.0 Å². The van der Waals surface area contributed by atoms with Crippen molar-refractivity contribution < 1.29 is 24.3 Å². The van der Waals surface area contributed by atoms with Gasteiger partial charge in [0.15, 0.2) is 0 Å². The summed E-state index contributed by atoms with van der Waals surface area (Å²) in [7, 11) is 4.61. The average molecular weight is 764 g/mol. The third kappa shape index (κ3) is 5.64. The summed E-state index contributed by atoms with van der Waals surface area (Å²) in [6, 6.07) is 19.5. The molecule has 0 fully saturated rings. The molecule has 0 saturated heterocycles. The number of rotatable bonds is 6. The van der Waals surface area contributed by atoms with Crippen molar-refractivity contribution >= 4 is 43.8 Å². The summed E-state index contributed by atoms with van der Waals surface area (Å²) in [5, 5.41) is 1.30. The predicted molar refractivity (Wildman–Crippen MR) is 172 cm³/mol. The van der Waals surface area contributed by atoms with Gasteiger partial charge in [0.25, 0.3) is 0 Å². The van der Waals surface area contributed by atoms with Crippen LogP contribution in [0.2, 0.25) is 1.41 Å². The number of nitrogens with zero attached hydrogens (tertiary/aromatic N) is 5. The van der Waals surface area contributed by atoms with Crippen LogP contribution < -0.4 is 20.0 Å². The van der Waals surface area contributed by atoms with E-state index < -0.39 is 6.98 Å². The Balaban J connectivity index is 0.00000204. The van der Waals surface area contributed by atoms with E-state index >= 15 is 0 Å². The molecule has 0 spiro atoms. The van der Waals surface area contributed by atoms with Crippen LogP contribution in [0, 0.1) is 19.4 Å². The number of hydrogen-bond donors (Lipinski definition) is 1. The summed E-state index contributed by atoms with van der Waals surface area (Å²) in [4.78, 5) is 14.1. The molecule has 0 aliphatic carbocycles. The van der Waals surface area contributed by atoms with Crippen molar-refractivity contribution in [1.29, 1.82) is 0 Å². The minimum absolute atomic E-state index is 0.258. The summed E-state index contributed by atoms with van der Waals surface area (Å²) in [6.45, 7) is 14.2. The van der Waals surface area contributed by atoms with Crippen LogP contribution in [0.5, 0.6) is 0 Å². The second kappa shape index (κ2) is 12.6. The summed E-state index contributed by atoms with van der Waals surface area (Å²) >= 11 is 1.61. The summed E-state index contributed by atoms with van der Waals surface area (Å²) in [5.41, 5.74) is 8.42. The maximum absolute atomic E-state index is 8.55. The zero-order chi connectivity index (χ0) is 33.5. The molecule has 2 aliphatic heterocycles. The van der Waals surface area contributed by atoms with E-state index in [0.29, 0.717) is 40.3 Å². The number of hydrogen-bond acceptors (Lipinski definition) is 6. The van der Waals surface area contributed by atoms with Crippen molar-refractivity contribution in [1.82, 2.24) is 9.97 Å². The number of anilines is 6. The molecule has 2 aliphatic rings. The van der Waals surface area contributed by atoms with Gasteiger partial charge in [0.2, 0.25) is 0 Å². The first-order chi connectivity index (χ1) is 21.8. The van der Waals surface area contributed by atoms with Crippen molar-refractivity contribution in [3.63, 3.8) is 0 Å². The molecule has 2 aromatic carbocycles. The number of nitrogens with one attached hydrogen (secondary N) is 1. The van der Waals surface area contributed by atoms with E-state index in [1.807, 2.05) is 17.0 Å². The van der Waals surface area contributed by atoms with E-state index in [9.17, 15) is 0 Å². The van der Waals surface area contributed by atoms with Crippen LogP contribution in [-0.2, 0) is 18.8 Å². The van der Waals surface area contributed by atoms with Gasteiger partial charge in [0, 0.05) is 27.9 Å². The van der Waals surface area contributed by atoms with Crippen molar-refractivity contribution in [2.45, 2.75) is 59.3 Å². The van der Waals surface area contributed by atoms with Gasteiger partial charge in [-0.15, -0.1) is 35.1 Å². The van der Waals surface area contributed by atoms with Crippen molar-refractivity contribution in [2.24, 2.45) is 0 Å². The van der Waals surface area contributed by atoms with E-state index in [2.05, 4.69) is 91.3 Å². The molecule has 4 aromatic rings. The molecular formula is C34H37ClN6Pt-3. The zero-order valence-electron chi connectivity index (χ0n) is 28.5. The summed E-state index contributed by atoms with van der Waals surface area (Å²) in [5.74, 6) is 2.03. The molecule has 0 unspecified atom stereocenters. The number of benzene rings is 2. The van der Waals surface area contributed by atoms with Crippen LogP contribution >= 0.6 is 9.42 Å². The summed E-state index contributed by atoms with van der Waals surface area (Å²) in [6.07, 6.45) is 3.38. The molecule has 6 rings (SSSR count). The Hall–Kier alpha value is -3.08. The van der Waals surface area contributed by atoms with Crippen molar-refractivity contribution in [3.8, 4) is 11.1 Å². The Labute approximate surface area is 271 Å². The monoisotopic (exact) mass is 763 g/mol. The molecule has 8 heteroatoms. The fraction of sp³-hybridized carbons (Fsp3) is 0.294. The first kappa shape index (κ1) is 25.4. The molecule has 0 amide bonds.